The van der Waals surface area contributed by atoms with Gasteiger partial charge in [0.2, 0.25) is 5.91 Å². The Morgan fingerprint density at radius 2 is 1.95 bits per heavy atom. The number of ether oxygens (including phenoxy) is 1. The number of hydrogen-bond acceptors (Lipinski definition) is 5. The Morgan fingerprint density at radius 3 is 2.62 bits per heavy atom. The molecule has 200 valence electrons. The number of carbonyl (C=O) groups is 1. The molecule has 0 spiro atoms. The molecule has 1 aromatic carbocycles. The van der Waals surface area contributed by atoms with E-state index in [1.807, 2.05) is 49.5 Å². The summed E-state index contributed by atoms with van der Waals surface area (Å²) in [6, 6.07) is 17.2. The lowest BCUT2D eigenvalue weighted by atomic mass is 9.96. The van der Waals surface area contributed by atoms with E-state index in [0.29, 0.717) is 15.8 Å². The number of benzene rings is 1. The van der Waals surface area contributed by atoms with Gasteiger partial charge >= 0.3 is 0 Å². The first-order chi connectivity index (χ1) is 18.8. The third-order valence-electron chi connectivity index (χ3n) is 6.79. The van der Waals surface area contributed by atoms with E-state index in [0.717, 1.165) is 39.7 Å². The quantitative estimate of drug-likeness (QED) is 0.284. The van der Waals surface area contributed by atoms with E-state index in [9.17, 15) is 4.79 Å². The summed E-state index contributed by atoms with van der Waals surface area (Å²) in [6.07, 6.45) is 3.66. The smallest absolute Gasteiger partial charge is 0.250 e. The van der Waals surface area contributed by atoms with E-state index in [-0.39, 0.29) is 24.6 Å². The highest BCUT2D eigenvalue weighted by atomic mass is 35.5. The molecule has 4 aromatic rings. The Bertz CT molecular complexity index is 1520. The summed E-state index contributed by atoms with van der Waals surface area (Å²) in [5.41, 5.74) is 6.48. The lowest BCUT2D eigenvalue weighted by molar-refractivity contribution is -0.119. The Labute approximate surface area is 238 Å². The summed E-state index contributed by atoms with van der Waals surface area (Å²) in [5.74, 6) is 0.575. The molecule has 0 radical (unpaired) electrons. The van der Waals surface area contributed by atoms with Gasteiger partial charge in [-0.3, -0.25) is 9.78 Å². The molecule has 3 aromatic heterocycles. The molecule has 0 aliphatic carbocycles. The van der Waals surface area contributed by atoms with Gasteiger partial charge in [-0.2, -0.15) is 0 Å². The molecular weight excluding hydrogens is 532 g/mol. The van der Waals surface area contributed by atoms with Crippen molar-refractivity contribution < 1.29 is 9.53 Å². The number of nitrogens with zero attached hydrogens (tertiary/aromatic N) is 4. The van der Waals surface area contributed by atoms with Crippen LogP contribution in [0.5, 0.6) is 0 Å². The summed E-state index contributed by atoms with van der Waals surface area (Å²) < 4.78 is 7.07. The largest absolute Gasteiger partial charge is 0.375 e. The highest BCUT2D eigenvalue weighted by Crippen LogP contribution is 2.44. The van der Waals surface area contributed by atoms with Crippen LogP contribution in [0.15, 0.2) is 67.0 Å². The Kier molecular flexibility index (Phi) is 7.65. The van der Waals surface area contributed by atoms with Crippen molar-refractivity contribution in [3.63, 3.8) is 0 Å². The molecule has 0 bridgehead atoms. The molecule has 0 unspecified atom stereocenters. The fraction of sp³-hybridized carbons (Fsp3) is 0.241. The normalized spacial score (nSPS) is 16.8. The lowest BCUT2D eigenvalue weighted by Gasteiger charge is -2.28. The summed E-state index contributed by atoms with van der Waals surface area (Å²) >= 11 is 12.5. The number of amides is 1. The number of rotatable bonds is 7. The van der Waals surface area contributed by atoms with Crippen molar-refractivity contribution in [1.82, 2.24) is 19.9 Å². The molecule has 1 saturated heterocycles. The standard InChI is InChI=1S/C29H29ClN6O2S/c1-17-8-11-25(32-15-17)35-18(2)13-21(19(35)3)28-27(24-7-5-6-12-31-24)34-29(39)36(28)20-9-10-23(22(30)14-20)33-26(37)16-38-4/h5-15,27-28H,16H2,1-4H3,(H,33,37)(H,34,39)/t27-,28+/m0/s1. The van der Waals surface area contributed by atoms with Crippen LogP contribution in [-0.2, 0) is 9.53 Å². The molecule has 8 nitrogen and oxygen atoms in total. The van der Waals surface area contributed by atoms with Gasteiger partial charge in [-0.05, 0) is 86.6 Å². The first-order valence-electron chi connectivity index (χ1n) is 12.5. The van der Waals surface area contributed by atoms with Crippen LogP contribution < -0.4 is 15.5 Å². The fourth-order valence-electron chi connectivity index (χ4n) is 5.05. The number of nitrogens with one attached hydrogen (secondary N) is 2. The van der Waals surface area contributed by atoms with E-state index < -0.39 is 0 Å². The van der Waals surface area contributed by atoms with Crippen LogP contribution >= 0.6 is 23.8 Å². The first-order valence-corrected chi connectivity index (χ1v) is 13.3. The minimum atomic E-state index is -0.282. The number of hydrogen-bond donors (Lipinski definition) is 2. The minimum Gasteiger partial charge on any atom is -0.375 e. The number of methoxy groups -OCH3 is 1. The minimum absolute atomic E-state index is 0.0580. The van der Waals surface area contributed by atoms with Gasteiger partial charge in [-0.15, -0.1) is 0 Å². The highest BCUT2D eigenvalue weighted by molar-refractivity contribution is 7.80. The fourth-order valence-corrected chi connectivity index (χ4v) is 5.62. The van der Waals surface area contributed by atoms with Gasteiger partial charge in [0.15, 0.2) is 5.11 Å². The monoisotopic (exact) mass is 560 g/mol. The molecule has 0 saturated carbocycles. The van der Waals surface area contributed by atoms with Crippen molar-refractivity contribution >= 4 is 46.2 Å². The van der Waals surface area contributed by atoms with Gasteiger partial charge in [0.05, 0.1) is 28.5 Å². The van der Waals surface area contributed by atoms with Crippen LogP contribution in [0, 0.1) is 20.8 Å². The van der Waals surface area contributed by atoms with Crippen LogP contribution in [0.2, 0.25) is 5.02 Å². The Hall–Kier alpha value is -3.79. The molecule has 2 atom stereocenters. The molecule has 39 heavy (non-hydrogen) atoms. The van der Waals surface area contributed by atoms with Crippen LogP contribution in [0.3, 0.4) is 0 Å². The topological polar surface area (TPSA) is 84.3 Å². The maximum Gasteiger partial charge on any atom is 0.250 e. The molecule has 1 amide bonds. The molecular formula is C29H29ClN6O2S. The molecule has 1 fully saturated rings. The second kappa shape index (κ2) is 11.1. The maximum atomic E-state index is 12.1. The van der Waals surface area contributed by atoms with Gasteiger partial charge in [0.1, 0.15) is 12.4 Å². The van der Waals surface area contributed by atoms with Crippen LogP contribution in [0.25, 0.3) is 5.82 Å². The van der Waals surface area contributed by atoms with E-state index >= 15 is 0 Å². The molecule has 10 heteroatoms. The molecule has 4 heterocycles. The van der Waals surface area contributed by atoms with E-state index in [1.54, 1.807) is 12.3 Å². The molecule has 5 rings (SSSR count). The summed E-state index contributed by atoms with van der Waals surface area (Å²) in [6.45, 7) is 6.14. The predicted octanol–water partition coefficient (Wildman–Crippen LogP) is 5.61. The molecule has 2 N–H and O–H groups in total. The van der Waals surface area contributed by atoms with Gasteiger partial charge < -0.3 is 24.8 Å². The van der Waals surface area contributed by atoms with E-state index in [2.05, 4.69) is 56.0 Å². The summed E-state index contributed by atoms with van der Waals surface area (Å²) in [5, 5.41) is 7.22. The third-order valence-corrected chi connectivity index (χ3v) is 7.42. The zero-order valence-corrected chi connectivity index (χ0v) is 23.7. The van der Waals surface area contributed by atoms with Gasteiger partial charge in [0, 0.05) is 36.6 Å². The zero-order chi connectivity index (χ0) is 27.7. The predicted molar refractivity (Wildman–Crippen MR) is 158 cm³/mol. The van der Waals surface area contributed by atoms with E-state index in [4.69, 9.17) is 28.6 Å². The number of aromatic nitrogens is 3. The zero-order valence-electron chi connectivity index (χ0n) is 22.1. The van der Waals surface area contributed by atoms with Crippen molar-refractivity contribution in [2.24, 2.45) is 0 Å². The number of halogens is 1. The van der Waals surface area contributed by atoms with Gasteiger partial charge in [-0.1, -0.05) is 23.7 Å². The number of thiocarbonyl (C=S) groups is 1. The number of carbonyl (C=O) groups excluding carboxylic acids is 1. The van der Waals surface area contributed by atoms with Crippen molar-refractivity contribution in [3.8, 4) is 5.82 Å². The van der Waals surface area contributed by atoms with E-state index in [1.165, 1.54) is 7.11 Å². The Morgan fingerprint density at radius 1 is 1.13 bits per heavy atom. The van der Waals surface area contributed by atoms with Gasteiger partial charge in [-0.25, -0.2) is 4.98 Å². The van der Waals surface area contributed by atoms with Crippen molar-refractivity contribution in [2.45, 2.75) is 32.9 Å². The number of anilines is 2. The molecule has 1 aliphatic heterocycles. The molecule has 1 aliphatic rings. The van der Waals surface area contributed by atoms with Crippen molar-refractivity contribution in [3.05, 3.63) is 100 Å². The van der Waals surface area contributed by atoms with Crippen LogP contribution in [0.4, 0.5) is 11.4 Å². The average molecular weight is 561 g/mol. The second-order valence-electron chi connectivity index (χ2n) is 9.50. The highest BCUT2D eigenvalue weighted by Gasteiger charge is 2.42. The number of pyridine rings is 2. The maximum absolute atomic E-state index is 12.1. The average Bonchev–Trinajstić information content (AvgIpc) is 3.41. The second-order valence-corrected chi connectivity index (χ2v) is 10.3. The SMILES string of the molecule is COCC(=O)Nc1ccc(N2C(=S)N[C@@H](c3ccccn3)[C@H]2c2cc(C)n(-c3ccc(C)cn3)c2C)cc1Cl. The van der Waals surface area contributed by atoms with Crippen molar-refractivity contribution in [2.75, 3.05) is 23.9 Å². The van der Waals surface area contributed by atoms with Crippen LogP contribution in [-0.4, -0.2) is 39.3 Å². The third kappa shape index (κ3) is 5.25. The Balaban J connectivity index is 1.60. The van der Waals surface area contributed by atoms with Crippen LogP contribution in [0.1, 0.15) is 40.3 Å². The van der Waals surface area contributed by atoms with Crippen molar-refractivity contribution in [1.29, 1.82) is 0 Å². The first kappa shape index (κ1) is 26.8. The summed E-state index contributed by atoms with van der Waals surface area (Å²) in [4.78, 5) is 23.4. The number of aryl methyl sites for hydroxylation is 2. The summed E-state index contributed by atoms with van der Waals surface area (Å²) in [7, 11) is 1.47. The lowest BCUT2D eigenvalue weighted by Crippen LogP contribution is -2.29. The van der Waals surface area contributed by atoms with Gasteiger partial charge in [0.25, 0.3) is 0 Å².